The summed E-state index contributed by atoms with van der Waals surface area (Å²) in [4.78, 5) is 0. The Morgan fingerprint density at radius 2 is 1.86 bits per heavy atom. The highest BCUT2D eigenvalue weighted by Crippen LogP contribution is 2.34. The number of nitrogens with one attached hydrogen (secondary N) is 2. The van der Waals surface area contributed by atoms with Gasteiger partial charge in [0.15, 0.2) is 16.6 Å². The van der Waals surface area contributed by atoms with Crippen LogP contribution >= 0.6 is 12.2 Å². The lowest BCUT2D eigenvalue weighted by Gasteiger charge is -2.11. The molecule has 0 bridgehead atoms. The van der Waals surface area contributed by atoms with Crippen LogP contribution in [0.3, 0.4) is 0 Å². The van der Waals surface area contributed by atoms with Crippen LogP contribution in [0.15, 0.2) is 48.5 Å². The Morgan fingerprint density at radius 1 is 1.05 bits per heavy atom. The molecule has 3 rings (SSSR count). The van der Waals surface area contributed by atoms with Gasteiger partial charge in [0.05, 0.1) is 0 Å². The number of fused-ring (bicyclic) bond motifs is 1. The molecule has 0 atom stereocenters. The molecule has 1 aliphatic heterocycles. The quantitative estimate of drug-likeness (QED) is 0.850. The van der Waals surface area contributed by atoms with Gasteiger partial charge < -0.3 is 20.1 Å². The highest BCUT2D eigenvalue weighted by atomic mass is 32.1. The van der Waals surface area contributed by atoms with Gasteiger partial charge in [-0.25, -0.2) is 0 Å². The maximum Gasteiger partial charge on any atom is 0.231 e. The molecule has 21 heavy (non-hydrogen) atoms. The molecule has 2 N–H and O–H groups in total. The van der Waals surface area contributed by atoms with Gasteiger partial charge in [-0.15, -0.1) is 0 Å². The van der Waals surface area contributed by atoms with E-state index in [1.54, 1.807) is 0 Å². The van der Waals surface area contributed by atoms with Crippen molar-refractivity contribution in [3.05, 3.63) is 54.1 Å². The number of anilines is 1. The second kappa shape index (κ2) is 6.45. The van der Waals surface area contributed by atoms with Crippen LogP contribution in [0.5, 0.6) is 11.5 Å². The minimum atomic E-state index is 0.276. The monoisotopic (exact) mass is 300 g/mol. The first-order valence-corrected chi connectivity index (χ1v) is 7.20. The van der Waals surface area contributed by atoms with Gasteiger partial charge in [-0.2, -0.15) is 0 Å². The van der Waals surface area contributed by atoms with Crippen molar-refractivity contribution in [2.24, 2.45) is 0 Å². The summed E-state index contributed by atoms with van der Waals surface area (Å²) in [6.45, 7) is 1.07. The van der Waals surface area contributed by atoms with E-state index >= 15 is 0 Å². The minimum absolute atomic E-state index is 0.276. The molecule has 0 amide bonds. The molecule has 0 aliphatic carbocycles. The summed E-state index contributed by atoms with van der Waals surface area (Å²) in [5, 5.41) is 6.94. The molecule has 0 unspecified atom stereocenters. The fourth-order valence-electron chi connectivity index (χ4n) is 2.11. The van der Waals surface area contributed by atoms with Crippen molar-refractivity contribution in [2.45, 2.75) is 6.42 Å². The molecular formula is C16H16N2O2S. The summed E-state index contributed by atoms with van der Waals surface area (Å²) in [6, 6.07) is 16.0. The number of rotatable bonds is 4. The molecule has 2 aromatic carbocycles. The molecule has 0 saturated heterocycles. The van der Waals surface area contributed by atoms with Gasteiger partial charge in [0, 0.05) is 18.3 Å². The Morgan fingerprint density at radius 3 is 2.71 bits per heavy atom. The maximum absolute atomic E-state index is 5.33. The third-order valence-electron chi connectivity index (χ3n) is 3.17. The zero-order chi connectivity index (χ0) is 14.5. The zero-order valence-electron chi connectivity index (χ0n) is 11.5. The van der Waals surface area contributed by atoms with E-state index in [9.17, 15) is 0 Å². The second-order valence-electron chi connectivity index (χ2n) is 4.68. The molecule has 0 aromatic heterocycles. The topological polar surface area (TPSA) is 42.5 Å². The summed E-state index contributed by atoms with van der Waals surface area (Å²) >= 11 is 5.29. The summed E-state index contributed by atoms with van der Waals surface area (Å²) in [7, 11) is 0. The SMILES string of the molecule is S=C(NCCc1ccccc1)Nc1ccc2c(c1)OCO2. The van der Waals surface area contributed by atoms with Crippen LogP contribution in [-0.2, 0) is 6.42 Å². The van der Waals surface area contributed by atoms with Crippen LogP contribution < -0.4 is 20.1 Å². The summed E-state index contributed by atoms with van der Waals surface area (Å²) < 4.78 is 10.6. The predicted molar refractivity (Wildman–Crippen MR) is 86.9 cm³/mol. The number of benzene rings is 2. The normalized spacial score (nSPS) is 12.0. The first kappa shape index (κ1) is 13.7. The number of ether oxygens (including phenoxy) is 2. The maximum atomic E-state index is 5.33. The molecule has 0 radical (unpaired) electrons. The molecule has 2 aromatic rings. The molecule has 0 saturated carbocycles. The number of hydrogen-bond acceptors (Lipinski definition) is 3. The van der Waals surface area contributed by atoms with E-state index in [2.05, 4.69) is 22.8 Å². The molecule has 1 heterocycles. The van der Waals surface area contributed by atoms with Crippen molar-refractivity contribution in [1.82, 2.24) is 5.32 Å². The third kappa shape index (κ3) is 3.64. The Labute approximate surface area is 129 Å². The fraction of sp³-hybridized carbons (Fsp3) is 0.188. The van der Waals surface area contributed by atoms with Crippen LogP contribution in [0.2, 0.25) is 0 Å². The molecular weight excluding hydrogens is 284 g/mol. The Kier molecular flexibility index (Phi) is 4.21. The predicted octanol–water partition coefficient (Wildman–Crippen LogP) is 2.94. The molecule has 108 valence electrons. The average Bonchev–Trinajstić information content (AvgIpc) is 2.96. The van der Waals surface area contributed by atoms with Gasteiger partial charge in [0.25, 0.3) is 0 Å². The van der Waals surface area contributed by atoms with Gasteiger partial charge in [-0.05, 0) is 36.3 Å². The van der Waals surface area contributed by atoms with Gasteiger partial charge in [-0.1, -0.05) is 30.3 Å². The van der Waals surface area contributed by atoms with Crippen LogP contribution in [0.1, 0.15) is 5.56 Å². The molecule has 1 aliphatic rings. The molecule has 5 heteroatoms. The fourth-order valence-corrected chi connectivity index (χ4v) is 2.33. The van der Waals surface area contributed by atoms with Crippen molar-refractivity contribution in [1.29, 1.82) is 0 Å². The van der Waals surface area contributed by atoms with Crippen molar-refractivity contribution in [3.8, 4) is 11.5 Å². The van der Waals surface area contributed by atoms with E-state index in [0.717, 1.165) is 30.2 Å². The lowest BCUT2D eigenvalue weighted by atomic mass is 10.1. The summed E-state index contributed by atoms with van der Waals surface area (Å²) in [5.74, 6) is 1.51. The molecule has 4 nitrogen and oxygen atoms in total. The molecule has 0 spiro atoms. The van der Waals surface area contributed by atoms with E-state index < -0.39 is 0 Å². The van der Waals surface area contributed by atoms with E-state index in [-0.39, 0.29) is 6.79 Å². The lowest BCUT2D eigenvalue weighted by Crippen LogP contribution is -2.30. The van der Waals surface area contributed by atoms with Crippen LogP contribution in [0.4, 0.5) is 5.69 Å². The van der Waals surface area contributed by atoms with Gasteiger partial charge in [0.2, 0.25) is 6.79 Å². The highest BCUT2D eigenvalue weighted by molar-refractivity contribution is 7.80. The first-order valence-electron chi connectivity index (χ1n) is 6.80. The van der Waals surface area contributed by atoms with Crippen molar-refractivity contribution >= 4 is 23.0 Å². The van der Waals surface area contributed by atoms with Gasteiger partial charge in [0.1, 0.15) is 0 Å². The van der Waals surface area contributed by atoms with Gasteiger partial charge in [-0.3, -0.25) is 0 Å². The highest BCUT2D eigenvalue weighted by Gasteiger charge is 2.13. The van der Waals surface area contributed by atoms with Gasteiger partial charge >= 0.3 is 0 Å². The standard InChI is InChI=1S/C16H16N2O2S/c21-16(17-9-8-12-4-2-1-3-5-12)18-13-6-7-14-15(10-13)20-11-19-14/h1-7,10H,8-9,11H2,(H2,17,18,21). The van der Waals surface area contributed by atoms with E-state index in [0.29, 0.717) is 5.11 Å². The smallest absolute Gasteiger partial charge is 0.231 e. The van der Waals surface area contributed by atoms with Crippen molar-refractivity contribution in [3.63, 3.8) is 0 Å². The Balaban J connectivity index is 1.48. The molecule has 0 fully saturated rings. The van der Waals surface area contributed by atoms with Crippen molar-refractivity contribution < 1.29 is 9.47 Å². The minimum Gasteiger partial charge on any atom is -0.454 e. The van der Waals surface area contributed by atoms with E-state index in [1.807, 2.05) is 36.4 Å². The zero-order valence-corrected chi connectivity index (χ0v) is 12.3. The van der Waals surface area contributed by atoms with E-state index in [4.69, 9.17) is 21.7 Å². The number of thiocarbonyl (C=S) groups is 1. The first-order chi connectivity index (χ1) is 10.3. The lowest BCUT2D eigenvalue weighted by molar-refractivity contribution is 0.174. The largest absolute Gasteiger partial charge is 0.454 e. The van der Waals surface area contributed by atoms with E-state index in [1.165, 1.54) is 5.56 Å². The van der Waals surface area contributed by atoms with Crippen LogP contribution in [0, 0.1) is 0 Å². The van der Waals surface area contributed by atoms with Crippen molar-refractivity contribution in [2.75, 3.05) is 18.7 Å². The Bertz CT molecular complexity index is 631. The average molecular weight is 300 g/mol. The number of hydrogen-bond donors (Lipinski definition) is 2. The third-order valence-corrected chi connectivity index (χ3v) is 3.42. The van der Waals surface area contributed by atoms with Crippen LogP contribution in [0.25, 0.3) is 0 Å². The van der Waals surface area contributed by atoms with Crippen LogP contribution in [-0.4, -0.2) is 18.5 Å². The second-order valence-corrected chi connectivity index (χ2v) is 5.09. The Hall–Kier alpha value is -2.27. The summed E-state index contributed by atoms with van der Waals surface area (Å²) in [6.07, 6.45) is 0.934. The summed E-state index contributed by atoms with van der Waals surface area (Å²) in [5.41, 5.74) is 2.17.